The van der Waals surface area contributed by atoms with Gasteiger partial charge in [-0.2, -0.15) is 0 Å². The Kier molecular flexibility index (Phi) is 4.37. The third-order valence-corrected chi connectivity index (χ3v) is 9.85. The summed E-state index contributed by atoms with van der Waals surface area (Å²) in [6.45, 7) is 2.97. The Hall–Kier alpha value is -1.39. The van der Waals surface area contributed by atoms with Crippen molar-refractivity contribution in [3.05, 3.63) is 21.8 Å². The maximum atomic E-state index is 11.8. The molecule has 28 heavy (non-hydrogen) atoms. The summed E-state index contributed by atoms with van der Waals surface area (Å²) >= 11 is 0. The van der Waals surface area contributed by atoms with Gasteiger partial charge in [0.05, 0.1) is 0 Å². The van der Waals surface area contributed by atoms with Gasteiger partial charge in [0.15, 0.2) is 0 Å². The molecule has 4 fully saturated rings. The Morgan fingerprint density at radius 3 is 2.71 bits per heavy atom. The molecule has 0 saturated heterocycles. The van der Waals surface area contributed by atoms with Crippen LogP contribution in [-0.2, 0) is 9.53 Å². The lowest BCUT2D eigenvalue weighted by molar-refractivity contribution is -0.504. The molecule has 0 aromatic heterocycles. The highest BCUT2D eigenvalue weighted by atomic mass is 16.6. The van der Waals surface area contributed by atoms with Crippen molar-refractivity contribution < 1.29 is 14.5 Å². The number of nitrogens with zero attached hydrogens (tertiary/aromatic N) is 1. The van der Waals surface area contributed by atoms with E-state index in [-0.39, 0.29) is 28.8 Å². The number of hydrogen-bond acceptors (Lipinski definition) is 4. The van der Waals surface area contributed by atoms with Gasteiger partial charge in [-0.25, -0.2) is 4.79 Å². The third kappa shape index (κ3) is 2.60. The first kappa shape index (κ1) is 18.6. The standard InChI is InChI=1S/C23H33NO4/c1-22-10-3-2-4-16(22)5-6-17-19(22)9-11-23(14-24(26)27)18(7-8-20(17)23)15-12-21(25)28-13-15/h12,16-20H,2-11,13-14H2,1H3/t16?,17-,18-,19+,20-,22+,23+/m1/s1. The van der Waals surface area contributed by atoms with Gasteiger partial charge in [-0.05, 0) is 91.9 Å². The van der Waals surface area contributed by atoms with Gasteiger partial charge in [-0.3, -0.25) is 10.1 Å². The van der Waals surface area contributed by atoms with Crippen molar-refractivity contribution in [1.29, 1.82) is 0 Å². The minimum absolute atomic E-state index is 0.0667. The van der Waals surface area contributed by atoms with E-state index in [9.17, 15) is 14.9 Å². The van der Waals surface area contributed by atoms with E-state index >= 15 is 0 Å². The first-order chi connectivity index (χ1) is 13.4. The number of fused-ring (bicyclic) bond motifs is 5. The molecular formula is C23H33NO4. The number of ether oxygens (including phenoxy) is 1. The zero-order valence-electron chi connectivity index (χ0n) is 17.0. The summed E-state index contributed by atoms with van der Waals surface area (Å²) in [5.74, 6) is 2.58. The van der Waals surface area contributed by atoms with Crippen molar-refractivity contribution in [2.45, 2.75) is 71.1 Å². The molecule has 1 unspecified atom stereocenters. The maximum absolute atomic E-state index is 11.8. The number of cyclic esters (lactones) is 1. The van der Waals surface area contributed by atoms with Crippen LogP contribution < -0.4 is 0 Å². The van der Waals surface area contributed by atoms with Gasteiger partial charge in [0.2, 0.25) is 6.54 Å². The van der Waals surface area contributed by atoms with E-state index in [0.717, 1.165) is 43.1 Å². The summed E-state index contributed by atoms with van der Waals surface area (Å²) < 4.78 is 5.20. The zero-order valence-corrected chi connectivity index (χ0v) is 17.0. The van der Waals surface area contributed by atoms with E-state index in [4.69, 9.17) is 4.74 Å². The topological polar surface area (TPSA) is 69.4 Å². The Bertz CT molecular complexity index is 717. The quantitative estimate of drug-likeness (QED) is 0.397. The van der Waals surface area contributed by atoms with Crippen LogP contribution in [0, 0.1) is 50.5 Å². The molecule has 0 bridgehead atoms. The number of rotatable bonds is 3. The summed E-state index contributed by atoms with van der Waals surface area (Å²) in [6, 6.07) is 0. The Balaban J connectivity index is 1.49. The molecule has 1 aliphatic heterocycles. The van der Waals surface area contributed by atoms with Gasteiger partial charge in [0.25, 0.3) is 0 Å². The van der Waals surface area contributed by atoms with E-state index in [2.05, 4.69) is 6.92 Å². The zero-order chi connectivity index (χ0) is 19.5. The normalized spacial score (nSPS) is 47.5. The second kappa shape index (κ2) is 6.56. The smallest absolute Gasteiger partial charge is 0.331 e. The molecule has 0 amide bonds. The summed E-state index contributed by atoms with van der Waals surface area (Å²) in [5, 5.41) is 11.8. The fourth-order valence-electron chi connectivity index (χ4n) is 8.80. The van der Waals surface area contributed by atoms with Crippen LogP contribution >= 0.6 is 0 Å². The predicted molar refractivity (Wildman–Crippen MR) is 105 cm³/mol. The SMILES string of the molecule is C[C@]12CCCCC1CC[C@H]1[C@H]3CC[C@H](C4=CC(=O)OC4)[C@@]3(C[N+](=O)[O-])CC[C@@H]12. The van der Waals surface area contributed by atoms with E-state index in [1.54, 1.807) is 6.08 Å². The molecule has 5 rings (SSSR count). The van der Waals surface area contributed by atoms with Gasteiger partial charge >= 0.3 is 5.97 Å². The monoisotopic (exact) mass is 387 g/mol. The van der Waals surface area contributed by atoms with Gasteiger partial charge in [0, 0.05) is 16.4 Å². The van der Waals surface area contributed by atoms with Gasteiger partial charge in [-0.1, -0.05) is 19.8 Å². The summed E-state index contributed by atoms with van der Waals surface area (Å²) in [4.78, 5) is 23.4. The minimum atomic E-state index is -0.265. The molecule has 0 N–H and O–H groups in total. The van der Waals surface area contributed by atoms with Gasteiger partial charge in [-0.15, -0.1) is 0 Å². The van der Waals surface area contributed by atoms with Crippen LogP contribution in [-0.4, -0.2) is 24.0 Å². The summed E-state index contributed by atoms with van der Waals surface area (Å²) in [6.07, 6.45) is 13.9. The number of carbonyl (C=O) groups excluding carboxylic acids is 1. The van der Waals surface area contributed by atoms with Crippen LogP contribution in [0.5, 0.6) is 0 Å². The lowest BCUT2D eigenvalue weighted by Crippen LogP contribution is -2.55. The predicted octanol–water partition coefficient (Wildman–Crippen LogP) is 4.78. The summed E-state index contributed by atoms with van der Waals surface area (Å²) in [5.41, 5.74) is 1.22. The average Bonchev–Trinajstić information content (AvgIpc) is 3.23. The molecule has 154 valence electrons. The first-order valence-corrected chi connectivity index (χ1v) is 11.4. The van der Waals surface area contributed by atoms with E-state index in [0.29, 0.717) is 23.9 Å². The third-order valence-electron chi connectivity index (χ3n) is 9.85. The number of esters is 1. The van der Waals surface area contributed by atoms with Crippen molar-refractivity contribution in [3.63, 3.8) is 0 Å². The van der Waals surface area contributed by atoms with Gasteiger partial charge in [0.1, 0.15) is 6.61 Å². The lowest BCUT2D eigenvalue weighted by Gasteiger charge is -2.60. The molecule has 0 aromatic rings. The second-order valence-electron chi connectivity index (χ2n) is 10.6. The van der Waals surface area contributed by atoms with Gasteiger partial charge < -0.3 is 4.74 Å². The highest BCUT2D eigenvalue weighted by molar-refractivity contribution is 5.85. The first-order valence-electron chi connectivity index (χ1n) is 11.4. The number of carbonyl (C=O) groups is 1. The molecule has 5 heteroatoms. The van der Waals surface area contributed by atoms with Crippen molar-refractivity contribution in [2.75, 3.05) is 13.2 Å². The Morgan fingerprint density at radius 1 is 1.11 bits per heavy atom. The molecular weight excluding hydrogens is 354 g/mol. The fraction of sp³-hybridized carbons (Fsp3) is 0.870. The van der Waals surface area contributed by atoms with Crippen LogP contribution in [0.15, 0.2) is 11.6 Å². The van der Waals surface area contributed by atoms with Crippen LogP contribution in [0.2, 0.25) is 0 Å². The van der Waals surface area contributed by atoms with Crippen LogP contribution in [0.25, 0.3) is 0 Å². The van der Waals surface area contributed by atoms with Crippen LogP contribution in [0.3, 0.4) is 0 Å². The molecule has 5 aliphatic rings. The second-order valence-corrected chi connectivity index (χ2v) is 10.6. The lowest BCUT2D eigenvalue weighted by atomic mass is 9.44. The minimum Gasteiger partial charge on any atom is -0.458 e. The Labute approximate surface area is 167 Å². The molecule has 0 spiro atoms. The molecule has 0 radical (unpaired) electrons. The molecule has 5 nitrogen and oxygen atoms in total. The summed E-state index contributed by atoms with van der Waals surface area (Å²) in [7, 11) is 0. The highest BCUT2D eigenvalue weighted by Crippen LogP contribution is 2.68. The molecule has 4 aliphatic carbocycles. The highest BCUT2D eigenvalue weighted by Gasteiger charge is 2.63. The molecule has 1 heterocycles. The van der Waals surface area contributed by atoms with Crippen molar-refractivity contribution >= 4 is 5.97 Å². The van der Waals surface area contributed by atoms with Crippen molar-refractivity contribution in [3.8, 4) is 0 Å². The molecule has 0 aromatic carbocycles. The molecule has 7 atom stereocenters. The fourth-order valence-corrected chi connectivity index (χ4v) is 8.80. The number of nitro groups is 1. The maximum Gasteiger partial charge on any atom is 0.331 e. The van der Waals surface area contributed by atoms with E-state index < -0.39 is 0 Å². The van der Waals surface area contributed by atoms with E-state index in [1.165, 1.54) is 38.5 Å². The average molecular weight is 388 g/mol. The van der Waals surface area contributed by atoms with E-state index in [1.807, 2.05) is 0 Å². The van der Waals surface area contributed by atoms with Crippen LogP contribution in [0.4, 0.5) is 0 Å². The van der Waals surface area contributed by atoms with Crippen molar-refractivity contribution in [2.24, 2.45) is 40.4 Å². The Morgan fingerprint density at radius 2 is 1.96 bits per heavy atom. The van der Waals surface area contributed by atoms with Crippen LogP contribution in [0.1, 0.15) is 71.1 Å². The van der Waals surface area contributed by atoms with Crippen molar-refractivity contribution in [1.82, 2.24) is 0 Å². The number of hydrogen-bond donors (Lipinski definition) is 0. The molecule has 4 saturated carbocycles. The largest absolute Gasteiger partial charge is 0.458 e.